The SMILES string of the molecule is CCN(CC(=O)O)C(=O)C(F)F. The lowest BCUT2D eigenvalue weighted by Crippen LogP contribution is -2.39. The topological polar surface area (TPSA) is 57.6 Å². The second-order valence-electron chi connectivity index (χ2n) is 2.05. The Morgan fingerprint density at radius 3 is 2.25 bits per heavy atom. The van der Waals surface area contributed by atoms with E-state index < -0.39 is 24.8 Å². The smallest absolute Gasteiger partial charge is 0.323 e. The number of alkyl halides is 2. The molecule has 0 unspecified atom stereocenters. The van der Waals surface area contributed by atoms with E-state index in [9.17, 15) is 18.4 Å². The number of likely N-dealkylation sites (N-methyl/N-ethyl adjacent to an activating group) is 1. The molecule has 0 spiro atoms. The molecule has 0 saturated carbocycles. The summed E-state index contributed by atoms with van der Waals surface area (Å²) in [6, 6.07) is 0. The lowest BCUT2D eigenvalue weighted by atomic mass is 10.4. The number of carbonyl (C=O) groups is 2. The van der Waals surface area contributed by atoms with Crippen molar-refractivity contribution < 1.29 is 23.5 Å². The zero-order chi connectivity index (χ0) is 9.72. The van der Waals surface area contributed by atoms with Crippen molar-refractivity contribution in [3.8, 4) is 0 Å². The Kier molecular flexibility index (Phi) is 4.17. The van der Waals surface area contributed by atoms with Gasteiger partial charge in [-0.15, -0.1) is 0 Å². The molecule has 0 bridgehead atoms. The average molecular weight is 181 g/mol. The molecule has 6 heteroatoms. The fourth-order valence-corrected chi connectivity index (χ4v) is 0.647. The molecule has 70 valence electrons. The summed E-state index contributed by atoms with van der Waals surface area (Å²) in [5, 5.41) is 8.21. The lowest BCUT2D eigenvalue weighted by molar-refractivity contribution is -0.150. The van der Waals surface area contributed by atoms with Gasteiger partial charge in [0, 0.05) is 6.54 Å². The number of nitrogens with zero attached hydrogens (tertiary/aromatic N) is 1. The monoisotopic (exact) mass is 181 g/mol. The molecule has 0 atom stereocenters. The fraction of sp³-hybridized carbons (Fsp3) is 0.667. The molecule has 0 fully saturated rings. The molecule has 0 aromatic rings. The van der Waals surface area contributed by atoms with Crippen LogP contribution in [0.2, 0.25) is 0 Å². The summed E-state index contributed by atoms with van der Waals surface area (Å²) < 4.78 is 23.5. The molecule has 0 heterocycles. The first-order chi connectivity index (χ1) is 5.49. The number of amides is 1. The van der Waals surface area contributed by atoms with Crippen LogP contribution in [0.1, 0.15) is 6.92 Å². The van der Waals surface area contributed by atoms with Crippen LogP contribution >= 0.6 is 0 Å². The van der Waals surface area contributed by atoms with Gasteiger partial charge < -0.3 is 10.0 Å². The van der Waals surface area contributed by atoms with Crippen molar-refractivity contribution in [2.24, 2.45) is 0 Å². The Morgan fingerprint density at radius 1 is 1.50 bits per heavy atom. The number of halogens is 2. The minimum atomic E-state index is -3.13. The van der Waals surface area contributed by atoms with E-state index >= 15 is 0 Å². The number of carbonyl (C=O) groups excluding carboxylic acids is 1. The van der Waals surface area contributed by atoms with Crippen molar-refractivity contribution in [2.45, 2.75) is 13.3 Å². The lowest BCUT2D eigenvalue weighted by Gasteiger charge is -2.17. The van der Waals surface area contributed by atoms with E-state index in [2.05, 4.69) is 0 Å². The third-order valence-corrected chi connectivity index (χ3v) is 1.21. The van der Waals surface area contributed by atoms with E-state index in [1.807, 2.05) is 0 Å². The maximum atomic E-state index is 11.7. The molecule has 0 aromatic carbocycles. The molecule has 0 saturated heterocycles. The number of aliphatic carboxylic acids is 1. The highest BCUT2D eigenvalue weighted by Crippen LogP contribution is 1.99. The molecule has 0 aliphatic heterocycles. The quantitative estimate of drug-likeness (QED) is 0.673. The van der Waals surface area contributed by atoms with Gasteiger partial charge in [-0.05, 0) is 6.92 Å². The first-order valence-corrected chi connectivity index (χ1v) is 3.27. The number of carboxylic acids is 1. The zero-order valence-electron chi connectivity index (χ0n) is 6.46. The summed E-state index contributed by atoms with van der Waals surface area (Å²) in [5.74, 6) is -2.74. The van der Waals surface area contributed by atoms with Crippen molar-refractivity contribution in [1.82, 2.24) is 4.90 Å². The zero-order valence-corrected chi connectivity index (χ0v) is 6.46. The van der Waals surface area contributed by atoms with E-state index in [1.54, 1.807) is 0 Å². The van der Waals surface area contributed by atoms with Crippen molar-refractivity contribution in [3.05, 3.63) is 0 Å². The molecule has 0 aliphatic rings. The molecular weight excluding hydrogens is 172 g/mol. The van der Waals surface area contributed by atoms with Crippen LogP contribution in [0.3, 0.4) is 0 Å². The molecule has 4 nitrogen and oxygen atoms in total. The molecule has 0 rings (SSSR count). The van der Waals surface area contributed by atoms with Gasteiger partial charge in [0.15, 0.2) is 0 Å². The summed E-state index contributed by atoms with van der Waals surface area (Å²) in [4.78, 5) is 21.2. The average Bonchev–Trinajstić information content (AvgIpc) is 1.98. The Labute approximate surface area is 67.8 Å². The predicted molar refractivity (Wildman–Crippen MR) is 35.9 cm³/mol. The van der Waals surface area contributed by atoms with Gasteiger partial charge in [0.1, 0.15) is 6.54 Å². The highest BCUT2D eigenvalue weighted by atomic mass is 19.3. The Morgan fingerprint density at radius 2 is 2.00 bits per heavy atom. The van der Waals surface area contributed by atoms with Crippen molar-refractivity contribution in [2.75, 3.05) is 13.1 Å². The van der Waals surface area contributed by atoms with E-state index in [0.717, 1.165) is 0 Å². The molecular formula is C6H9F2NO3. The maximum Gasteiger partial charge on any atom is 0.323 e. The number of carboxylic acid groups (broad SMARTS) is 1. The largest absolute Gasteiger partial charge is 0.480 e. The number of hydrogen-bond donors (Lipinski definition) is 1. The van der Waals surface area contributed by atoms with Crippen LogP contribution in [0.5, 0.6) is 0 Å². The van der Waals surface area contributed by atoms with Crippen LogP contribution in [0.15, 0.2) is 0 Å². The molecule has 1 N–H and O–H groups in total. The van der Waals surface area contributed by atoms with Crippen LogP contribution in [0.4, 0.5) is 8.78 Å². The molecule has 0 aromatic heterocycles. The summed E-state index contributed by atoms with van der Waals surface area (Å²) in [6.07, 6.45) is -3.13. The first-order valence-electron chi connectivity index (χ1n) is 3.27. The standard InChI is InChI=1S/C6H9F2NO3/c1-2-9(3-4(10)11)6(12)5(7)8/h5H,2-3H2,1H3,(H,10,11). The highest BCUT2D eigenvalue weighted by molar-refractivity contribution is 5.83. The van der Waals surface area contributed by atoms with Gasteiger partial charge in [0.2, 0.25) is 0 Å². The van der Waals surface area contributed by atoms with Gasteiger partial charge in [-0.3, -0.25) is 9.59 Å². The maximum absolute atomic E-state index is 11.7. The van der Waals surface area contributed by atoms with Crippen molar-refractivity contribution in [1.29, 1.82) is 0 Å². The van der Waals surface area contributed by atoms with Gasteiger partial charge in [0.25, 0.3) is 5.91 Å². The fourth-order valence-electron chi connectivity index (χ4n) is 0.647. The summed E-state index contributed by atoms with van der Waals surface area (Å²) >= 11 is 0. The summed E-state index contributed by atoms with van der Waals surface area (Å²) in [5.41, 5.74) is 0. The van der Waals surface area contributed by atoms with Crippen LogP contribution in [-0.2, 0) is 9.59 Å². The number of rotatable bonds is 4. The van der Waals surface area contributed by atoms with E-state index in [0.29, 0.717) is 4.90 Å². The third kappa shape index (κ3) is 3.27. The van der Waals surface area contributed by atoms with Gasteiger partial charge in [-0.1, -0.05) is 0 Å². The van der Waals surface area contributed by atoms with Crippen LogP contribution in [0.25, 0.3) is 0 Å². The van der Waals surface area contributed by atoms with E-state index in [-0.39, 0.29) is 6.54 Å². The highest BCUT2D eigenvalue weighted by Gasteiger charge is 2.23. The van der Waals surface area contributed by atoms with Crippen LogP contribution in [0, 0.1) is 0 Å². The van der Waals surface area contributed by atoms with Gasteiger partial charge in [-0.2, -0.15) is 8.78 Å². The van der Waals surface area contributed by atoms with Gasteiger partial charge in [-0.25, -0.2) is 0 Å². The minimum Gasteiger partial charge on any atom is -0.480 e. The minimum absolute atomic E-state index is 0.0323. The van der Waals surface area contributed by atoms with E-state index in [1.165, 1.54) is 6.92 Å². The van der Waals surface area contributed by atoms with Crippen LogP contribution in [-0.4, -0.2) is 41.4 Å². The normalized spacial score (nSPS) is 10.0. The molecule has 0 aliphatic carbocycles. The summed E-state index contributed by atoms with van der Waals surface area (Å²) in [7, 11) is 0. The second kappa shape index (κ2) is 4.63. The number of hydrogen-bond acceptors (Lipinski definition) is 2. The Hall–Kier alpha value is -1.20. The molecule has 1 amide bonds. The van der Waals surface area contributed by atoms with Crippen molar-refractivity contribution in [3.63, 3.8) is 0 Å². The summed E-state index contributed by atoms with van der Waals surface area (Å²) in [6.45, 7) is 0.721. The van der Waals surface area contributed by atoms with E-state index in [4.69, 9.17) is 5.11 Å². The molecule has 0 radical (unpaired) electrons. The van der Waals surface area contributed by atoms with Crippen LogP contribution < -0.4 is 0 Å². The Balaban J connectivity index is 4.15. The molecule has 12 heavy (non-hydrogen) atoms. The van der Waals surface area contributed by atoms with Crippen molar-refractivity contribution >= 4 is 11.9 Å². The third-order valence-electron chi connectivity index (χ3n) is 1.21. The predicted octanol–water partition coefficient (Wildman–Crippen LogP) is 0.185. The van der Waals surface area contributed by atoms with Gasteiger partial charge >= 0.3 is 12.4 Å². The first kappa shape index (κ1) is 10.8. The second-order valence-corrected chi connectivity index (χ2v) is 2.05. The Bertz CT molecular complexity index is 184. The van der Waals surface area contributed by atoms with Gasteiger partial charge in [0.05, 0.1) is 0 Å².